The summed E-state index contributed by atoms with van der Waals surface area (Å²) < 4.78 is 39.5. The third-order valence-electron chi connectivity index (χ3n) is 1.28. The second kappa shape index (κ2) is 5.85. The number of hydrogen-bond donors (Lipinski definition) is 0. The molecule has 0 bridgehead atoms. The van der Waals surface area contributed by atoms with Gasteiger partial charge in [-0.3, -0.25) is 0 Å². The third-order valence-corrected chi connectivity index (χ3v) is 1.39. The van der Waals surface area contributed by atoms with Crippen molar-refractivity contribution >= 4 is 11.6 Å². The first-order valence-electron chi connectivity index (χ1n) is 4.15. The molecule has 0 aliphatic rings. The normalized spacial score (nSPS) is 12.3. The van der Waals surface area contributed by atoms with E-state index in [0.717, 1.165) is 11.6 Å². The number of hydrogen-bond acceptors (Lipinski definition) is 1. The van der Waals surface area contributed by atoms with E-state index in [1.54, 1.807) is 19.9 Å². The van der Waals surface area contributed by atoms with Gasteiger partial charge in [-0.1, -0.05) is 29.8 Å². The molecule has 0 aromatic carbocycles. The Labute approximate surface area is 91.9 Å². The molecular formula is C10H12ClF3O. The van der Waals surface area contributed by atoms with Crippen molar-refractivity contribution in [1.82, 2.24) is 0 Å². The Bertz CT molecular complexity index is 286. The molecule has 0 aliphatic heterocycles. The van der Waals surface area contributed by atoms with E-state index < -0.39 is 6.36 Å². The van der Waals surface area contributed by atoms with Crippen molar-refractivity contribution < 1.29 is 17.9 Å². The summed E-state index contributed by atoms with van der Waals surface area (Å²) in [6.07, 6.45) is -2.01. The molecule has 0 N–H and O–H groups in total. The Kier molecular flexibility index (Phi) is 5.50. The SMILES string of the molecule is C=C(Cl)/C=C(\CC=C(C)C)OC(F)(F)F. The summed E-state index contributed by atoms with van der Waals surface area (Å²) >= 11 is 5.38. The van der Waals surface area contributed by atoms with Crippen LogP contribution in [0.5, 0.6) is 0 Å². The van der Waals surface area contributed by atoms with E-state index in [1.165, 1.54) is 0 Å². The Hall–Kier alpha value is -0.900. The number of rotatable bonds is 4. The van der Waals surface area contributed by atoms with Crippen LogP contribution in [0.25, 0.3) is 0 Å². The highest BCUT2D eigenvalue weighted by Gasteiger charge is 2.31. The molecule has 0 rings (SSSR count). The maximum atomic E-state index is 11.9. The van der Waals surface area contributed by atoms with Crippen molar-refractivity contribution in [2.45, 2.75) is 26.6 Å². The summed E-state index contributed by atoms with van der Waals surface area (Å²) in [7, 11) is 0. The van der Waals surface area contributed by atoms with Gasteiger partial charge in [0.15, 0.2) is 0 Å². The van der Waals surface area contributed by atoms with Crippen LogP contribution in [0.15, 0.2) is 35.1 Å². The first kappa shape index (κ1) is 14.1. The second-order valence-corrected chi connectivity index (χ2v) is 3.58. The third kappa shape index (κ3) is 9.41. The first-order valence-corrected chi connectivity index (χ1v) is 4.52. The topological polar surface area (TPSA) is 9.23 Å². The molecule has 0 amide bonds. The number of allylic oxidation sites excluding steroid dienone is 4. The van der Waals surface area contributed by atoms with Crippen LogP contribution in [-0.2, 0) is 4.74 Å². The highest BCUT2D eigenvalue weighted by Crippen LogP contribution is 2.24. The summed E-state index contributed by atoms with van der Waals surface area (Å²) in [5.74, 6) is -0.274. The van der Waals surface area contributed by atoms with Gasteiger partial charge in [-0.05, 0) is 19.9 Å². The minimum atomic E-state index is -4.70. The van der Waals surface area contributed by atoms with Crippen molar-refractivity contribution in [2.24, 2.45) is 0 Å². The monoisotopic (exact) mass is 240 g/mol. The van der Waals surface area contributed by atoms with Crippen LogP contribution in [0, 0.1) is 0 Å². The van der Waals surface area contributed by atoms with Crippen LogP contribution in [0.3, 0.4) is 0 Å². The summed E-state index contributed by atoms with van der Waals surface area (Å²) in [5, 5.41) is -0.00333. The molecule has 86 valence electrons. The lowest BCUT2D eigenvalue weighted by Crippen LogP contribution is -2.12. The fourth-order valence-electron chi connectivity index (χ4n) is 0.758. The van der Waals surface area contributed by atoms with Gasteiger partial charge in [0.2, 0.25) is 0 Å². The van der Waals surface area contributed by atoms with Crippen molar-refractivity contribution in [1.29, 1.82) is 0 Å². The Morgan fingerprint density at radius 3 is 2.27 bits per heavy atom. The lowest BCUT2D eigenvalue weighted by atomic mass is 10.2. The summed E-state index contributed by atoms with van der Waals surface area (Å²) in [6.45, 7) is 6.83. The number of ether oxygens (including phenoxy) is 1. The highest BCUT2D eigenvalue weighted by molar-refractivity contribution is 6.30. The molecule has 0 saturated carbocycles. The van der Waals surface area contributed by atoms with E-state index >= 15 is 0 Å². The van der Waals surface area contributed by atoms with Crippen LogP contribution >= 0.6 is 11.6 Å². The maximum Gasteiger partial charge on any atom is 0.572 e. The molecule has 0 aromatic rings. The maximum absolute atomic E-state index is 11.9. The largest absolute Gasteiger partial charge is 0.572 e. The van der Waals surface area contributed by atoms with Crippen molar-refractivity contribution in [2.75, 3.05) is 0 Å². The molecule has 0 unspecified atom stereocenters. The zero-order valence-electron chi connectivity index (χ0n) is 8.49. The standard InChI is InChI=1S/C10H12ClF3O/c1-7(2)4-5-9(6-8(3)11)15-10(12,13)14/h4,6H,3,5H2,1-2H3/b9-6+. The zero-order valence-corrected chi connectivity index (χ0v) is 9.24. The zero-order chi connectivity index (χ0) is 12.1. The smallest absolute Gasteiger partial charge is 0.410 e. The summed E-state index contributed by atoms with van der Waals surface area (Å²) in [4.78, 5) is 0. The van der Waals surface area contributed by atoms with E-state index in [0.29, 0.717) is 0 Å². The van der Waals surface area contributed by atoms with E-state index in [9.17, 15) is 13.2 Å². The summed E-state index contributed by atoms with van der Waals surface area (Å²) in [5.41, 5.74) is 0.895. The molecule has 0 atom stereocenters. The molecule has 0 saturated heterocycles. The van der Waals surface area contributed by atoms with Crippen LogP contribution in [-0.4, -0.2) is 6.36 Å². The predicted octanol–water partition coefficient (Wildman–Crippen LogP) is 4.52. The lowest BCUT2D eigenvalue weighted by Gasteiger charge is -2.11. The quantitative estimate of drug-likeness (QED) is 0.399. The van der Waals surface area contributed by atoms with Crippen LogP contribution in [0.1, 0.15) is 20.3 Å². The predicted molar refractivity (Wildman–Crippen MR) is 54.3 cm³/mol. The fourth-order valence-corrected chi connectivity index (χ4v) is 0.880. The van der Waals surface area contributed by atoms with Crippen molar-refractivity contribution in [3.05, 3.63) is 35.1 Å². The van der Waals surface area contributed by atoms with Gasteiger partial charge >= 0.3 is 6.36 Å². The summed E-state index contributed by atoms with van der Waals surface area (Å²) in [6, 6.07) is 0. The molecule has 5 heteroatoms. The van der Waals surface area contributed by atoms with Gasteiger partial charge in [-0.2, -0.15) is 0 Å². The molecule has 0 spiro atoms. The minimum Gasteiger partial charge on any atom is -0.410 e. The van der Waals surface area contributed by atoms with Gasteiger partial charge in [-0.15, -0.1) is 13.2 Å². The second-order valence-electron chi connectivity index (χ2n) is 3.09. The molecular weight excluding hydrogens is 229 g/mol. The van der Waals surface area contributed by atoms with E-state index in [4.69, 9.17) is 11.6 Å². The van der Waals surface area contributed by atoms with Gasteiger partial charge in [0.1, 0.15) is 5.76 Å². The van der Waals surface area contributed by atoms with Gasteiger partial charge in [0, 0.05) is 11.5 Å². The fraction of sp³-hybridized carbons (Fsp3) is 0.400. The Morgan fingerprint density at radius 1 is 1.40 bits per heavy atom. The molecule has 0 fully saturated rings. The van der Waals surface area contributed by atoms with E-state index in [-0.39, 0.29) is 17.2 Å². The van der Waals surface area contributed by atoms with Crippen molar-refractivity contribution in [3.8, 4) is 0 Å². The lowest BCUT2D eigenvalue weighted by molar-refractivity contribution is -0.306. The number of halogens is 4. The van der Waals surface area contributed by atoms with Crippen molar-refractivity contribution in [3.63, 3.8) is 0 Å². The van der Waals surface area contributed by atoms with Crippen LogP contribution < -0.4 is 0 Å². The van der Waals surface area contributed by atoms with Gasteiger partial charge in [-0.25, -0.2) is 0 Å². The van der Waals surface area contributed by atoms with Crippen LogP contribution in [0.2, 0.25) is 0 Å². The van der Waals surface area contributed by atoms with E-state index in [1.807, 2.05) is 0 Å². The molecule has 0 aromatic heterocycles. The first-order chi connectivity index (χ1) is 6.70. The number of alkyl halides is 3. The van der Waals surface area contributed by atoms with Crippen LogP contribution in [0.4, 0.5) is 13.2 Å². The Balaban J connectivity index is 4.61. The van der Waals surface area contributed by atoms with Gasteiger partial charge in [0.25, 0.3) is 0 Å². The minimum absolute atomic E-state index is 0.00333. The van der Waals surface area contributed by atoms with Gasteiger partial charge < -0.3 is 4.74 Å². The Morgan fingerprint density at radius 2 is 1.93 bits per heavy atom. The molecule has 0 heterocycles. The molecule has 1 nitrogen and oxygen atoms in total. The van der Waals surface area contributed by atoms with E-state index in [2.05, 4.69) is 11.3 Å². The molecule has 0 radical (unpaired) electrons. The molecule has 15 heavy (non-hydrogen) atoms. The highest BCUT2D eigenvalue weighted by atomic mass is 35.5. The average molecular weight is 241 g/mol. The average Bonchev–Trinajstić information content (AvgIpc) is 1.95. The molecule has 0 aliphatic carbocycles. The van der Waals surface area contributed by atoms with Gasteiger partial charge in [0.05, 0.1) is 0 Å².